The number of methoxy groups -OCH3 is 1. The maximum absolute atomic E-state index is 13.3. The van der Waals surface area contributed by atoms with Crippen LogP contribution in [0.15, 0.2) is 70.9 Å². The van der Waals surface area contributed by atoms with Crippen molar-refractivity contribution < 1.29 is 23.8 Å². The number of carbonyl (C=O) groups excluding carboxylic acids is 2. The summed E-state index contributed by atoms with van der Waals surface area (Å²) in [7, 11) is 1.49. The van der Waals surface area contributed by atoms with Crippen LogP contribution >= 0.6 is 11.6 Å². The van der Waals surface area contributed by atoms with Crippen LogP contribution in [-0.2, 0) is 9.59 Å². The predicted octanol–water partition coefficient (Wildman–Crippen LogP) is 5.80. The number of carbonyl (C=O) groups is 2. The molecule has 2 fully saturated rings. The van der Waals surface area contributed by atoms with E-state index in [2.05, 4.69) is 11.8 Å². The minimum atomic E-state index is -0.928. The van der Waals surface area contributed by atoms with Crippen LogP contribution in [0.5, 0.6) is 5.75 Å². The number of amides is 1. The monoisotopic (exact) mass is 506 g/mol. The molecule has 1 atom stereocenters. The molecule has 1 aromatic heterocycles. The summed E-state index contributed by atoms with van der Waals surface area (Å²) < 4.78 is 10.8. The number of benzene rings is 2. The normalized spacial score (nSPS) is 20.2. The molecule has 2 aliphatic heterocycles. The van der Waals surface area contributed by atoms with Crippen LogP contribution in [0.1, 0.15) is 37.1 Å². The van der Waals surface area contributed by atoms with Gasteiger partial charge in [0.25, 0.3) is 11.7 Å². The zero-order chi connectivity index (χ0) is 25.4. The molecule has 0 aliphatic carbocycles. The van der Waals surface area contributed by atoms with Crippen molar-refractivity contribution in [1.82, 2.24) is 0 Å². The Morgan fingerprint density at radius 3 is 2.36 bits per heavy atom. The topological polar surface area (TPSA) is 83.2 Å². The van der Waals surface area contributed by atoms with Gasteiger partial charge in [-0.1, -0.05) is 18.5 Å². The number of piperidine rings is 1. The molecule has 7 nitrogen and oxygen atoms in total. The van der Waals surface area contributed by atoms with Crippen molar-refractivity contribution in [2.24, 2.45) is 5.92 Å². The number of Topliss-reactive ketones (excluding diaryl/α,β-unsaturated/α-hetero) is 1. The van der Waals surface area contributed by atoms with E-state index >= 15 is 0 Å². The Bertz CT molecular complexity index is 1310. The van der Waals surface area contributed by atoms with E-state index in [0.29, 0.717) is 22.8 Å². The molecule has 3 heterocycles. The summed E-state index contributed by atoms with van der Waals surface area (Å²) in [4.78, 5) is 30.2. The first-order chi connectivity index (χ1) is 17.4. The molecule has 2 aromatic carbocycles. The highest BCUT2D eigenvalue weighted by Crippen LogP contribution is 2.43. The molecule has 2 saturated heterocycles. The van der Waals surface area contributed by atoms with Crippen molar-refractivity contribution >= 4 is 40.4 Å². The van der Waals surface area contributed by atoms with Crippen molar-refractivity contribution in [3.05, 3.63) is 82.8 Å². The number of aliphatic hydroxyl groups excluding tert-OH is 1. The smallest absolute Gasteiger partial charge is 0.300 e. The number of hydrogen-bond donors (Lipinski definition) is 1. The van der Waals surface area contributed by atoms with Gasteiger partial charge in [0.1, 0.15) is 23.3 Å². The SMILES string of the molecule is COc1ccc(/C(O)=C2/C(=O)C(=O)N(c3ccc(N4CCC(C)CC4)cc3)C2c2ccco2)cc1Cl. The van der Waals surface area contributed by atoms with Crippen molar-refractivity contribution in [2.45, 2.75) is 25.8 Å². The highest BCUT2D eigenvalue weighted by Gasteiger charge is 2.48. The van der Waals surface area contributed by atoms with Crippen molar-refractivity contribution in [2.75, 3.05) is 30.0 Å². The Morgan fingerprint density at radius 2 is 1.75 bits per heavy atom. The molecule has 186 valence electrons. The molecule has 1 unspecified atom stereocenters. The zero-order valence-corrected chi connectivity index (χ0v) is 20.9. The summed E-state index contributed by atoms with van der Waals surface area (Å²) >= 11 is 6.25. The lowest BCUT2D eigenvalue weighted by atomic mass is 9.98. The van der Waals surface area contributed by atoms with E-state index in [1.54, 1.807) is 24.3 Å². The maximum Gasteiger partial charge on any atom is 0.300 e. The van der Waals surface area contributed by atoms with Gasteiger partial charge in [0, 0.05) is 30.0 Å². The first kappa shape index (κ1) is 24.0. The molecule has 0 saturated carbocycles. The lowest BCUT2D eigenvalue weighted by molar-refractivity contribution is -0.132. The van der Waals surface area contributed by atoms with E-state index in [0.717, 1.165) is 37.5 Å². The third-order valence-electron chi connectivity index (χ3n) is 6.96. The molecule has 2 aliphatic rings. The van der Waals surface area contributed by atoms with E-state index in [1.165, 1.54) is 24.3 Å². The lowest BCUT2D eigenvalue weighted by Crippen LogP contribution is -2.33. The predicted molar refractivity (Wildman–Crippen MR) is 139 cm³/mol. The Balaban J connectivity index is 1.55. The largest absolute Gasteiger partial charge is 0.507 e. The standard InChI is InChI=1S/C28H27ClN2O5/c1-17-11-13-30(14-12-17)19-6-8-20(9-7-19)31-25(23-4-3-15-36-23)24(27(33)28(31)34)26(32)18-5-10-22(35-2)21(29)16-18/h3-10,15-17,25,32H,11-14H2,1-2H3/b26-24-. The summed E-state index contributed by atoms with van der Waals surface area (Å²) in [5.74, 6) is -0.349. The van der Waals surface area contributed by atoms with Crippen LogP contribution in [0, 0.1) is 5.92 Å². The fourth-order valence-corrected chi connectivity index (χ4v) is 5.13. The van der Waals surface area contributed by atoms with Gasteiger partial charge in [-0.2, -0.15) is 0 Å². The number of rotatable bonds is 5. The zero-order valence-electron chi connectivity index (χ0n) is 20.1. The summed E-state index contributed by atoms with van der Waals surface area (Å²) in [6.45, 7) is 4.25. The maximum atomic E-state index is 13.3. The number of ketones is 1. The van der Waals surface area contributed by atoms with Gasteiger partial charge in [0.15, 0.2) is 0 Å². The number of aliphatic hydroxyl groups is 1. The van der Waals surface area contributed by atoms with Gasteiger partial charge in [-0.15, -0.1) is 0 Å². The highest BCUT2D eigenvalue weighted by atomic mass is 35.5. The lowest BCUT2D eigenvalue weighted by Gasteiger charge is -2.32. The Morgan fingerprint density at radius 1 is 1.06 bits per heavy atom. The van der Waals surface area contributed by atoms with Gasteiger partial charge < -0.3 is 19.2 Å². The number of anilines is 2. The van der Waals surface area contributed by atoms with Gasteiger partial charge >= 0.3 is 0 Å². The molecule has 3 aromatic rings. The summed E-state index contributed by atoms with van der Waals surface area (Å²) in [5, 5.41) is 11.5. The quantitative estimate of drug-likeness (QED) is 0.267. The van der Waals surface area contributed by atoms with Crippen LogP contribution in [0.2, 0.25) is 5.02 Å². The van der Waals surface area contributed by atoms with Gasteiger partial charge in [-0.25, -0.2) is 0 Å². The first-order valence-corrected chi connectivity index (χ1v) is 12.3. The van der Waals surface area contributed by atoms with E-state index in [1.807, 2.05) is 24.3 Å². The van der Waals surface area contributed by atoms with Gasteiger partial charge in [-0.3, -0.25) is 14.5 Å². The summed E-state index contributed by atoms with van der Waals surface area (Å²) in [6, 6.07) is 14.7. The number of ether oxygens (including phenoxy) is 1. The molecule has 8 heteroatoms. The molecule has 0 spiro atoms. The number of furan rings is 1. The van der Waals surface area contributed by atoms with Crippen molar-refractivity contribution in [1.29, 1.82) is 0 Å². The second kappa shape index (κ2) is 9.74. The third-order valence-corrected chi connectivity index (χ3v) is 7.25. The fraction of sp³-hybridized carbons (Fsp3) is 0.286. The minimum Gasteiger partial charge on any atom is -0.507 e. The van der Waals surface area contributed by atoms with Crippen LogP contribution in [-0.4, -0.2) is 37.0 Å². The Kier molecular flexibility index (Phi) is 6.49. The molecular formula is C28H27ClN2O5. The van der Waals surface area contributed by atoms with Crippen LogP contribution in [0.4, 0.5) is 11.4 Å². The van der Waals surface area contributed by atoms with Gasteiger partial charge in [0.05, 0.1) is 24.0 Å². The van der Waals surface area contributed by atoms with E-state index < -0.39 is 17.7 Å². The molecule has 1 amide bonds. The van der Waals surface area contributed by atoms with E-state index in [-0.39, 0.29) is 16.4 Å². The number of nitrogens with zero attached hydrogens (tertiary/aromatic N) is 2. The first-order valence-electron chi connectivity index (χ1n) is 11.9. The van der Waals surface area contributed by atoms with Crippen LogP contribution < -0.4 is 14.5 Å². The molecule has 0 radical (unpaired) electrons. The van der Waals surface area contributed by atoms with Crippen molar-refractivity contribution in [3.63, 3.8) is 0 Å². The molecule has 1 N–H and O–H groups in total. The van der Waals surface area contributed by atoms with E-state index in [4.69, 9.17) is 20.8 Å². The molecule has 5 rings (SSSR count). The van der Waals surface area contributed by atoms with Crippen LogP contribution in [0.3, 0.4) is 0 Å². The van der Waals surface area contributed by atoms with Crippen LogP contribution in [0.25, 0.3) is 5.76 Å². The van der Waals surface area contributed by atoms with Gasteiger partial charge in [-0.05, 0) is 73.4 Å². The average molecular weight is 507 g/mol. The average Bonchev–Trinajstić information content (AvgIpc) is 3.51. The van der Waals surface area contributed by atoms with Crippen molar-refractivity contribution in [3.8, 4) is 5.75 Å². The second-order valence-corrected chi connectivity index (χ2v) is 9.63. The Hall–Kier alpha value is -3.71. The fourth-order valence-electron chi connectivity index (χ4n) is 4.87. The summed E-state index contributed by atoms with van der Waals surface area (Å²) in [5.41, 5.74) is 1.85. The summed E-state index contributed by atoms with van der Waals surface area (Å²) in [6.07, 6.45) is 3.76. The third kappa shape index (κ3) is 4.24. The van der Waals surface area contributed by atoms with Gasteiger partial charge in [0.2, 0.25) is 0 Å². The Labute approximate surface area is 214 Å². The molecular weight excluding hydrogens is 480 g/mol. The highest BCUT2D eigenvalue weighted by molar-refractivity contribution is 6.51. The number of hydrogen-bond acceptors (Lipinski definition) is 6. The minimum absolute atomic E-state index is 0.0646. The number of halogens is 1. The second-order valence-electron chi connectivity index (χ2n) is 9.22. The van der Waals surface area contributed by atoms with E-state index in [9.17, 15) is 14.7 Å². The molecule has 0 bridgehead atoms. The molecule has 36 heavy (non-hydrogen) atoms.